The van der Waals surface area contributed by atoms with Gasteiger partial charge in [0.2, 0.25) is 0 Å². The molecule has 16 heavy (non-hydrogen) atoms. The second-order valence-corrected chi connectivity index (χ2v) is 6.55. The maximum absolute atomic E-state index is 3.51. The van der Waals surface area contributed by atoms with E-state index in [9.17, 15) is 0 Å². The van der Waals surface area contributed by atoms with E-state index in [2.05, 4.69) is 17.1 Å². The molecule has 1 spiro atoms. The third-order valence-corrected chi connectivity index (χ3v) is 4.76. The topological polar surface area (TPSA) is 15.3 Å². The summed E-state index contributed by atoms with van der Waals surface area (Å²) < 4.78 is 0. The molecule has 0 radical (unpaired) electrons. The second-order valence-electron chi connectivity index (χ2n) is 6.55. The first kappa shape index (κ1) is 12.7. The lowest BCUT2D eigenvalue weighted by atomic mass is 9.87. The molecular weight excluding hydrogens is 220 g/mol. The molecule has 0 amide bonds. The lowest BCUT2D eigenvalue weighted by molar-refractivity contribution is 0.111. The van der Waals surface area contributed by atoms with E-state index in [1.807, 2.05) is 0 Å². The van der Waals surface area contributed by atoms with Crippen LogP contribution < -0.4 is 5.32 Å². The largest absolute Gasteiger partial charge is 0.316 e. The van der Waals surface area contributed by atoms with Crippen molar-refractivity contribution >= 4 is 12.4 Å². The summed E-state index contributed by atoms with van der Waals surface area (Å²) in [6.45, 7) is 9.02. The highest BCUT2D eigenvalue weighted by Gasteiger charge is 2.46. The van der Waals surface area contributed by atoms with Crippen molar-refractivity contribution in [3.05, 3.63) is 0 Å². The van der Waals surface area contributed by atoms with Gasteiger partial charge in [-0.2, -0.15) is 0 Å². The number of hydrogen-bond donors (Lipinski definition) is 1. The molecule has 2 heterocycles. The predicted molar refractivity (Wildman–Crippen MR) is 70.2 cm³/mol. The van der Waals surface area contributed by atoms with Gasteiger partial charge in [0.05, 0.1) is 0 Å². The highest BCUT2D eigenvalue weighted by molar-refractivity contribution is 5.85. The molecule has 3 rings (SSSR count). The normalized spacial score (nSPS) is 37.3. The molecule has 2 saturated heterocycles. The van der Waals surface area contributed by atoms with E-state index in [-0.39, 0.29) is 12.4 Å². The molecule has 3 aliphatic rings. The number of nitrogens with one attached hydrogen (secondary N) is 1. The molecule has 94 valence electrons. The SMILES string of the molecule is CC1(CN2CCCC3(CC3)C2)CCNC1.Cl. The van der Waals surface area contributed by atoms with Gasteiger partial charge in [-0.15, -0.1) is 12.4 Å². The minimum Gasteiger partial charge on any atom is -0.316 e. The van der Waals surface area contributed by atoms with Crippen molar-refractivity contribution in [3.8, 4) is 0 Å². The molecule has 0 aromatic heterocycles. The van der Waals surface area contributed by atoms with Gasteiger partial charge in [-0.1, -0.05) is 6.92 Å². The number of piperidine rings is 1. The third-order valence-electron chi connectivity index (χ3n) is 4.76. The molecule has 1 unspecified atom stereocenters. The van der Waals surface area contributed by atoms with Crippen molar-refractivity contribution in [2.45, 2.75) is 39.0 Å². The molecule has 3 heteroatoms. The average molecular weight is 245 g/mol. The van der Waals surface area contributed by atoms with Crippen LogP contribution in [-0.4, -0.2) is 37.6 Å². The maximum Gasteiger partial charge on any atom is 0.00482 e. The fraction of sp³-hybridized carbons (Fsp3) is 1.00. The van der Waals surface area contributed by atoms with E-state index < -0.39 is 0 Å². The van der Waals surface area contributed by atoms with E-state index >= 15 is 0 Å². The van der Waals surface area contributed by atoms with E-state index in [0.717, 1.165) is 5.41 Å². The third kappa shape index (κ3) is 2.55. The Morgan fingerprint density at radius 1 is 1.19 bits per heavy atom. The fourth-order valence-electron chi connectivity index (χ4n) is 3.57. The molecule has 0 aromatic carbocycles. The zero-order chi connectivity index (χ0) is 10.4. The summed E-state index contributed by atoms with van der Waals surface area (Å²) in [5.41, 5.74) is 1.36. The first-order valence-corrected chi connectivity index (χ1v) is 6.63. The van der Waals surface area contributed by atoms with E-state index in [0.29, 0.717) is 5.41 Å². The Morgan fingerprint density at radius 3 is 2.62 bits per heavy atom. The van der Waals surface area contributed by atoms with Crippen LogP contribution >= 0.6 is 12.4 Å². The Balaban J connectivity index is 0.000000963. The molecule has 0 aromatic rings. The first-order chi connectivity index (χ1) is 7.20. The summed E-state index contributed by atoms with van der Waals surface area (Å²) in [6, 6.07) is 0. The summed E-state index contributed by atoms with van der Waals surface area (Å²) >= 11 is 0. The number of hydrogen-bond acceptors (Lipinski definition) is 2. The molecular formula is C13H25ClN2. The Morgan fingerprint density at radius 2 is 2.00 bits per heavy atom. The van der Waals surface area contributed by atoms with Crippen LogP contribution in [0.25, 0.3) is 0 Å². The van der Waals surface area contributed by atoms with Crippen LogP contribution in [0.4, 0.5) is 0 Å². The summed E-state index contributed by atoms with van der Waals surface area (Å²) in [5.74, 6) is 0. The number of halogens is 1. The Labute approximate surface area is 106 Å². The minimum absolute atomic E-state index is 0. The quantitative estimate of drug-likeness (QED) is 0.802. The monoisotopic (exact) mass is 244 g/mol. The highest BCUT2D eigenvalue weighted by Crippen LogP contribution is 2.52. The van der Waals surface area contributed by atoms with Gasteiger partial charge in [0.15, 0.2) is 0 Å². The minimum atomic E-state index is 0. The zero-order valence-electron chi connectivity index (χ0n) is 10.4. The molecule has 2 aliphatic heterocycles. The van der Waals surface area contributed by atoms with Crippen LogP contribution in [0.15, 0.2) is 0 Å². The van der Waals surface area contributed by atoms with Crippen molar-refractivity contribution in [3.63, 3.8) is 0 Å². The van der Waals surface area contributed by atoms with Crippen molar-refractivity contribution < 1.29 is 0 Å². The van der Waals surface area contributed by atoms with Crippen LogP contribution in [0.2, 0.25) is 0 Å². The average Bonchev–Trinajstić information content (AvgIpc) is 2.78. The van der Waals surface area contributed by atoms with E-state index in [1.54, 1.807) is 0 Å². The second kappa shape index (κ2) is 4.47. The molecule has 1 aliphatic carbocycles. The molecule has 3 fully saturated rings. The van der Waals surface area contributed by atoms with Crippen molar-refractivity contribution in [1.82, 2.24) is 10.2 Å². The van der Waals surface area contributed by atoms with Gasteiger partial charge in [0.25, 0.3) is 0 Å². The Kier molecular flexibility index (Phi) is 3.54. The van der Waals surface area contributed by atoms with Crippen LogP contribution in [0, 0.1) is 10.8 Å². The lowest BCUT2D eigenvalue weighted by Gasteiger charge is -2.38. The Hall–Kier alpha value is 0.210. The van der Waals surface area contributed by atoms with Crippen LogP contribution in [0.1, 0.15) is 39.0 Å². The molecule has 0 bridgehead atoms. The van der Waals surface area contributed by atoms with Gasteiger partial charge < -0.3 is 10.2 Å². The van der Waals surface area contributed by atoms with Gasteiger partial charge in [-0.05, 0) is 56.0 Å². The zero-order valence-corrected chi connectivity index (χ0v) is 11.2. The van der Waals surface area contributed by atoms with Gasteiger partial charge >= 0.3 is 0 Å². The van der Waals surface area contributed by atoms with Gasteiger partial charge in [-0.25, -0.2) is 0 Å². The van der Waals surface area contributed by atoms with Crippen molar-refractivity contribution in [2.24, 2.45) is 10.8 Å². The van der Waals surface area contributed by atoms with Crippen molar-refractivity contribution in [2.75, 3.05) is 32.7 Å². The summed E-state index contributed by atoms with van der Waals surface area (Å²) in [5, 5.41) is 3.51. The lowest BCUT2D eigenvalue weighted by Crippen LogP contribution is -2.43. The van der Waals surface area contributed by atoms with E-state index in [4.69, 9.17) is 0 Å². The van der Waals surface area contributed by atoms with Gasteiger partial charge in [-0.3, -0.25) is 0 Å². The highest BCUT2D eigenvalue weighted by atomic mass is 35.5. The first-order valence-electron chi connectivity index (χ1n) is 6.63. The number of likely N-dealkylation sites (tertiary alicyclic amines) is 1. The number of rotatable bonds is 2. The maximum atomic E-state index is 3.51. The standard InChI is InChI=1S/C13H24N2.ClH/c1-12(6-7-14-9-12)10-15-8-2-3-13(11-15)4-5-13;/h14H,2-11H2,1H3;1H. The smallest absolute Gasteiger partial charge is 0.00482 e. The molecule has 2 nitrogen and oxygen atoms in total. The van der Waals surface area contributed by atoms with Gasteiger partial charge in [0, 0.05) is 19.6 Å². The fourth-order valence-corrected chi connectivity index (χ4v) is 3.57. The van der Waals surface area contributed by atoms with Crippen LogP contribution in [-0.2, 0) is 0 Å². The number of nitrogens with zero attached hydrogens (tertiary/aromatic N) is 1. The van der Waals surface area contributed by atoms with Crippen LogP contribution in [0.5, 0.6) is 0 Å². The van der Waals surface area contributed by atoms with Gasteiger partial charge in [0.1, 0.15) is 0 Å². The molecule has 1 saturated carbocycles. The van der Waals surface area contributed by atoms with Crippen molar-refractivity contribution in [1.29, 1.82) is 0 Å². The summed E-state index contributed by atoms with van der Waals surface area (Å²) in [7, 11) is 0. The van der Waals surface area contributed by atoms with E-state index in [1.165, 1.54) is 64.8 Å². The predicted octanol–water partition coefficient (Wildman–Crippen LogP) is 2.28. The molecule has 1 N–H and O–H groups in total. The molecule has 1 atom stereocenters. The summed E-state index contributed by atoms with van der Waals surface area (Å²) in [6.07, 6.45) is 7.36. The summed E-state index contributed by atoms with van der Waals surface area (Å²) in [4.78, 5) is 2.75. The Bertz CT molecular complexity index is 244. The van der Waals surface area contributed by atoms with Crippen LogP contribution in [0.3, 0.4) is 0 Å².